The molecule has 3 heterocycles. The van der Waals surface area contributed by atoms with Gasteiger partial charge in [0.15, 0.2) is 5.78 Å². The molecule has 5 heteroatoms. The van der Waals surface area contributed by atoms with Crippen LogP contribution in [0.15, 0.2) is 75.3 Å². The molecule has 0 spiro atoms. The minimum atomic E-state index is -0.447. The van der Waals surface area contributed by atoms with Gasteiger partial charge in [-0.3, -0.25) is 9.78 Å². The van der Waals surface area contributed by atoms with Crippen LogP contribution in [0.2, 0.25) is 0 Å². The number of nitrogens with zero attached hydrogens (tertiary/aromatic N) is 1. The summed E-state index contributed by atoms with van der Waals surface area (Å²) in [5.74, 6) is -0.120. The van der Waals surface area contributed by atoms with E-state index in [0.717, 1.165) is 10.3 Å². The van der Waals surface area contributed by atoms with Crippen molar-refractivity contribution in [2.75, 3.05) is 0 Å². The number of carbonyl (C=O) groups is 1. The van der Waals surface area contributed by atoms with Gasteiger partial charge in [0.05, 0.1) is 11.3 Å². The average Bonchev–Trinajstić information content (AvgIpc) is 3.19. The van der Waals surface area contributed by atoms with Crippen molar-refractivity contribution in [3.63, 3.8) is 0 Å². The highest BCUT2D eigenvalue weighted by Crippen LogP contribution is 2.21. The Labute approximate surface area is 159 Å². The van der Waals surface area contributed by atoms with Gasteiger partial charge in [-0.25, -0.2) is 4.79 Å². The Balaban J connectivity index is 1.69. The second-order valence-corrected chi connectivity index (χ2v) is 7.01. The number of hydrogen-bond acceptors (Lipinski definition) is 5. The predicted molar refractivity (Wildman–Crippen MR) is 108 cm³/mol. The van der Waals surface area contributed by atoms with E-state index in [1.165, 1.54) is 0 Å². The number of aryl methyl sites for hydroxylation is 1. The maximum absolute atomic E-state index is 12.4. The summed E-state index contributed by atoms with van der Waals surface area (Å²) < 4.78 is 5.37. The van der Waals surface area contributed by atoms with Crippen LogP contribution in [-0.2, 0) is 0 Å². The Kier molecular flexibility index (Phi) is 4.52. The van der Waals surface area contributed by atoms with E-state index >= 15 is 0 Å². The second kappa shape index (κ2) is 7.13. The Bertz CT molecular complexity index is 1220. The van der Waals surface area contributed by atoms with Crippen LogP contribution in [0, 0.1) is 6.92 Å². The number of benzene rings is 1. The number of pyridine rings is 1. The van der Waals surface area contributed by atoms with Gasteiger partial charge in [-0.1, -0.05) is 24.3 Å². The summed E-state index contributed by atoms with van der Waals surface area (Å²) in [5.41, 5.74) is 2.04. The molecule has 0 saturated heterocycles. The molecule has 0 atom stereocenters. The highest BCUT2D eigenvalue weighted by Gasteiger charge is 2.13. The van der Waals surface area contributed by atoms with Gasteiger partial charge in [0.1, 0.15) is 5.58 Å². The van der Waals surface area contributed by atoms with Gasteiger partial charge in [0.25, 0.3) is 0 Å². The molecule has 0 saturated carbocycles. The molecule has 4 aromatic rings. The van der Waals surface area contributed by atoms with Gasteiger partial charge >= 0.3 is 5.63 Å². The van der Waals surface area contributed by atoms with Gasteiger partial charge in [-0.05, 0) is 54.8 Å². The molecule has 0 bridgehead atoms. The summed E-state index contributed by atoms with van der Waals surface area (Å²) in [4.78, 5) is 30.2. The van der Waals surface area contributed by atoms with Crippen LogP contribution in [0.3, 0.4) is 0 Å². The fourth-order valence-electron chi connectivity index (χ4n) is 2.85. The lowest BCUT2D eigenvalue weighted by Gasteiger charge is -2.06. The maximum atomic E-state index is 12.4. The number of allylic oxidation sites excluding steroid dienone is 1. The second-order valence-electron chi connectivity index (χ2n) is 6.03. The van der Waals surface area contributed by atoms with Crippen LogP contribution in [-0.4, -0.2) is 10.8 Å². The first kappa shape index (κ1) is 17.1. The zero-order valence-corrected chi connectivity index (χ0v) is 15.3. The predicted octanol–water partition coefficient (Wildman–Crippen LogP) is 5.12. The summed E-state index contributed by atoms with van der Waals surface area (Å²) >= 11 is 1.57. The van der Waals surface area contributed by atoms with E-state index in [0.29, 0.717) is 28.1 Å². The van der Waals surface area contributed by atoms with Gasteiger partial charge < -0.3 is 4.42 Å². The molecule has 0 radical (unpaired) electrons. The summed E-state index contributed by atoms with van der Waals surface area (Å²) in [5, 5.41) is 2.78. The zero-order chi connectivity index (χ0) is 18.8. The van der Waals surface area contributed by atoms with Crippen LogP contribution in [0.4, 0.5) is 0 Å². The number of carbonyl (C=O) groups excluding carboxylic acids is 1. The first-order valence-corrected chi connectivity index (χ1v) is 9.26. The first-order chi connectivity index (χ1) is 13.1. The molecule has 0 aliphatic heterocycles. The summed E-state index contributed by atoms with van der Waals surface area (Å²) in [6.07, 6.45) is 3.33. The van der Waals surface area contributed by atoms with E-state index in [2.05, 4.69) is 4.98 Å². The molecule has 4 rings (SSSR count). The molecule has 132 valence electrons. The average molecular weight is 373 g/mol. The quantitative estimate of drug-likeness (QED) is 0.283. The minimum absolute atomic E-state index is 0.120. The molecular formula is C22H15NO3S. The number of fused-ring (bicyclic) bond motifs is 1. The van der Waals surface area contributed by atoms with Gasteiger partial charge in [0, 0.05) is 21.5 Å². The van der Waals surface area contributed by atoms with Crippen molar-refractivity contribution in [1.29, 1.82) is 0 Å². The third kappa shape index (κ3) is 3.50. The number of thiophene rings is 1. The summed E-state index contributed by atoms with van der Waals surface area (Å²) in [6.45, 7) is 1.76. The van der Waals surface area contributed by atoms with Crippen molar-refractivity contribution in [3.8, 4) is 11.3 Å². The largest absolute Gasteiger partial charge is 0.422 e. The van der Waals surface area contributed by atoms with Crippen molar-refractivity contribution in [2.24, 2.45) is 0 Å². The number of ketones is 1. The molecule has 0 aliphatic rings. The Hall–Kier alpha value is -3.31. The topological polar surface area (TPSA) is 60.2 Å². The SMILES string of the molecule is Cc1nc(-c2cc3ccccc3oc2=O)ccc1C(=O)/C=C/c1cccs1. The van der Waals surface area contributed by atoms with Gasteiger partial charge in [0.2, 0.25) is 0 Å². The normalized spacial score (nSPS) is 11.3. The Morgan fingerprint density at radius 2 is 1.96 bits per heavy atom. The molecule has 3 aromatic heterocycles. The van der Waals surface area contributed by atoms with Crippen LogP contribution < -0.4 is 5.63 Å². The van der Waals surface area contributed by atoms with Crippen LogP contribution >= 0.6 is 11.3 Å². The molecule has 4 nitrogen and oxygen atoms in total. The van der Waals surface area contributed by atoms with E-state index in [9.17, 15) is 9.59 Å². The molecule has 0 unspecified atom stereocenters. The molecule has 27 heavy (non-hydrogen) atoms. The summed E-state index contributed by atoms with van der Waals surface area (Å²) in [7, 11) is 0. The van der Waals surface area contributed by atoms with Crippen LogP contribution in [0.25, 0.3) is 28.3 Å². The van der Waals surface area contributed by atoms with Crippen molar-refractivity contribution in [1.82, 2.24) is 4.98 Å². The number of hydrogen-bond donors (Lipinski definition) is 0. The number of aromatic nitrogens is 1. The lowest BCUT2D eigenvalue weighted by atomic mass is 10.1. The lowest BCUT2D eigenvalue weighted by Crippen LogP contribution is -2.06. The third-order valence-electron chi connectivity index (χ3n) is 4.21. The fourth-order valence-corrected chi connectivity index (χ4v) is 3.46. The minimum Gasteiger partial charge on any atom is -0.422 e. The Morgan fingerprint density at radius 1 is 1.11 bits per heavy atom. The van der Waals surface area contributed by atoms with Crippen molar-refractivity contribution in [3.05, 3.63) is 92.6 Å². The first-order valence-electron chi connectivity index (χ1n) is 8.38. The van der Waals surface area contributed by atoms with E-state index in [1.807, 2.05) is 35.7 Å². The van der Waals surface area contributed by atoms with Gasteiger partial charge in [-0.15, -0.1) is 11.3 Å². The van der Waals surface area contributed by atoms with E-state index in [4.69, 9.17) is 4.42 Å². The number of rotatable bonds is 4. The molecule has 0 fully saturated rings. The molecule has 0 amide bonds. The van der Waals surface area contributed by atoms with E-state index < -0.39 is 5.63 Å². The molecule has 0 N–H and O–H groups in total. The smallest absolute Gasteiger partial charge is 0.345 e. The van der Waals surface area contributed by atoms with Crippen molar-refractivity contribution in [2.45, 2.75) is 6.92 Å². The Morgan fingerprint density at radius 3 is 2.74 bits per heavy atom. The molecule has 0 aliphatic carbocycles. The standard InChI is InChI=1S/C22H15NO3S/c1-14-17(20(24)11-8-16-6-4-12-27-16)9-10-19(23-14)18-13-15-5-2-3-7-21(15)26-22(18)25/h2-13H,1H3/b11-8+. The molecule has 1 aromatic carbocycles. The highest BCUT2D eigenvalue weighted by molar-refractivity contribution is 7.10. The third-order valence-corrected chi connectivity index (χ3v) is 5.05. The highest BCUT2D eigenvalue weighted by atomic mass is 32.1. The monoisotopic (exact) mass is 373 g/mol. The van der Waals surface area contributed by atoms with Crippen LogP contribution in [0.1, 0.15) is 20.9 Å². The maximum Gasteiger partial charge on any atom is 0.345 e. The van der Waals surface area contributed by atoms with Crippen LogP contribution in [0.5, 0.6) is 0 Å². The number of para-hydroxylation sites is 1. The van der Waals surface area contributed by atoms with Gasteiger partial charge in [-0.2, -0.15) is 0 Å². The van der Waals surface area contributed by atoms with E-state index in [1.54, 1.807) is 54.7 Å². The van der Waals surface area contributed by atoms with Crippen molar-refractivity contribution >= 4 is 34.2 Å². The van der Waals surface area contributed by atoms with Crippen molar-refractivity contribution < 1.29 is 9.21 Å². The summed E-state index contributed by atoms with van der Waals surface area (Å²) in [6, 6.07) is 16.4. The lowest BCUT2D eigenvalue weighted by molar-refractivity contribution is 0.104. The molecular weight excluding hydrogens is 358 g/mol. The zero-order valence-electron chi connectivity index (χ0n) is 14.5. The fraction of sp³-hybridized carbons (Fsp3) is 0.0455. The van der Waals surface area contributed by atoms with E-state index in [-0.39, 0.29) is 5.78 Å².